The zero-order chi connectivity index (χ0) is 23.0. The fourth-order valence-corrected chi connectivity index (χ4v) is 4.76. The monoisotopic (exact) mass is 445 g/mol. The summed E-state index contributed by atoms with van der Waals surface area (Å²) in [6.45, 7) is 1.69. The van der Waals surface area contributed by atoms with Crippen molar-refractivity contribution in [2.24, 2.45) is 5.92 Å². The van der Waals surface area contributed by atoms with E-state index in [1.165, 1.54) is 6.42 Å². The Kier molecular flexibility index (Phi) is 7.62. The minimum absolute atomic E-state index is 0.0694. The van der Waals surface area contributed by atoms with Gasteiger partial charge in [0.05, 0.1) is 11.6 Å². The normalized spacial score (nSPS) is 17.2. The minimum Gasteiger partial charge on any atom is -0.489 e. The SMILES string of the molecule is N#Cc1ccccc1COc1cccc(C(=O)NC2CCN(C(=O)C3CCCCC3)CC2)c1. The van der Waals surface area contributed by atoms with Crippen LogP contribution in [0.15, 0.2) is 48.5 Å². The smallest absolute Gasteiger partial charge is 0.251 e. The number of carbonyl (C=O) groups excluding carboxylic acids is 2. The molecule has 0 radical (unpaired) electrons. The van der Waals surface area contributed by atoms with Crippen LogP contribution in [0, 0.1) is 17.2 Å². The molecular formula is C27H31N3O3. The predicted octanol–water partition coefficient (Wildman–Crippen LogP) is 4.44. The molecule has 172 valence electrons. The molecule has 1 saturated heterocycles. The highest BCUT2D eigenvalue weighted by Crippen LogP contribution is 2.26. The Labute approximate surface area is 195 Å². The number of ether oxygens (including phenoxy) is 1. The van der Waals surface area contributed by atoms with Gasteiger partial charge in [-0.05, 0) is 49.9 Å². The third-order valence-electron chi connectivity index (χ3n) is 6.72. The second kappa shape index (κ2) is 11.0. The summed E-state index contributed by atoms with van der Waals surface area (Å²) in [5.74, 6) is 0.966. The van der Waals surface area contributed by atoms with Gasteiger partial charge in [-0.15, -0.1) is 0 Å². The lowest BCUT2D eigenvalue weighted by Gasteiger charge is -2.35. The van der Waals surface area contributed by atoms with Gasteiger partial charge in [0.25, 0.3) is 5.91 Å². The molecule has 0 aromatic heterocycles. The van der Waals surface area contributed by atoms with Crippen LogP contribution in [0.1, 0.15) is 66.4 Å². The third-order valence-corrected chi connectivity index (χ3v) is 6.72. The first-order valence-electron chi connectivity index (χ1n) is 11.9. The molecule has 1 heterocycles. The molecule has 0 spiro atoms. The van der Waals surface area contributed by atoms with E-state index in [4.69, 9.17) is 4.74 Å². The molecular weight excluding hydrogens is 414 g/mol. The maximum absolute atomic E-state index is 12.8. The Morgan fingerprint density at radius 2 is 1.76 bits per heavy atom. The van der Waals surface area contributed by atoms with Gasteiger partial charge in [-0.25, -0.2) is 0 Å². The van der Waals surface area contributed by atoms with Crippen LogP contribution in [0.3, 0.4) is 0 Å². The molecule has 1 aliphatic carbocycles. The fourth-order valence-electron chi connectivity index (χ4n) is 4.76. The lowest BCUT2D eigenvalue weighted by atomic mass is 9.87. The number of nitrogens with zero attached hydrogens (tertiary/aromatic N) is 2. The average Bonchev–Trinajstić information content (AvgIpc) is 2.88. The topological polar surface area (TPSA) is 82.4 Å². The van der Waals surface area contributed by atoms with Crippen molar-refractivity contribution in [3.05, 3.63) is 65.2 Å². The van der Waals surface area contributed by atoms with Crippen LogP contribution in [0.2, 0.25) is 0 Å². The highest BCUT2D eigenvalue weighted by molar-refractivity contribution is 5.94. The van der Waals surface area contributed by atoms with Gasteiger partial charge in [-0.1, -0.05) is 43.5 Å². The minimum atomic E-state index is -0.130. The summed E-state index contributed by atoms with van der Waals surface area (Å²) in [7, 11) is 0. The second-order valence-corrected chi connectivity index (χ2v) is 8.99. The van der Waals surface area contributed by atoms with Crippen LogP contribution >= 0.6 is 0 Å². The summed E-state index contributed by atoms with van der Waals surface area (Å²) in [6, 6.07) is 16.7. The van der Waals surface area contributed by atoms with Crippen molar-refractivity contribution in [3.8, 4) is 11.8 Å². The number of piperidine rings is 1. The molecule has 0 unspecified atom stereocenters. The van der Waals surface area contributed by atoms with Gasteiger partial charge in [-0.3, -0.25) is 9.59 Å². The van der Waals surface area contributed by atoms with E-state index < -0.39 is 0 Å². The van der Waals surface area contributed by atoms with Gasteiger partial charge in [0.15, 0.2) is 0 Å². The summed E-state index contributed by atoms with van der Waals surface area (Å²) < 4.78 is 5.84. The van der Waals surface area contributed by atoms with Crippen molar-refractivity contribution in [2.45, 2.75) is 57.6 Å². The van der Waals surface area contributed by atoms with Gasteiger partial charge >= 0.3 is 0 Å². The van der Waals surface area contributed by atoms with Crippen molar-refractivity contribution in [3.63, 3.8) is 0 Å². The van der Waals surface area contributed by atoms with Crippen molar-refractivity contribution in [2.75, 3.05) is 13.1 Å². The molecule has 1 aliphatic heterocycles. The Hall–Kier alpha value is -3.33. The Morgan fingerprint density at radius 3 is 2.52 bits per heavy atom. The maximum Gasteiger partial charge on any atom is 0.251 e. The lowest BCUT2D eigenvalue weighted by molar-refractivity contribution is -0.137. The van der Waals surface area contributed by atoms with E-state index in [-0.39, 0.29) is 24.5 Å². The highest BCUT2D eigenvalue weighted by Gasteiger charge is 2.29. The molecule has 2 fully saturated rings. The molecule has 0 atom stereocenters. The van der Waals surface area contributed by atoms with Gasteiger partial charge < -0.3 is 15.0 Å². The summed E-state index contributed by atoms with van der Waals surface area (Å²) in [6.07, 6.45) is 7.19. The average molecular weight is 446 g/mol. The summed E-state index contributed by atoms with van der Waals surface area (Å²) in [4.78, 5) is 27.6. The zero-order valence-electron chi connectivity index (χ0n) is 19.0. The van der Waals surface area contributed by atoms with E-state index in [1.807, 2.05) is 23.1 Å². The standard InChI is InChI=1S/C27H31N3O3/c28-18-22-9-4-5-10-23(22)19-33-25-12-6-11-21(17-25)26(31)29-24-13-15-30(16-14-24)27(32)20-7-2-1-3-8-20/h4-6,9-12,17,20,24H,1-3,7-8,13-16,19H2,(H,29,31). The molecule has 2 aromatic rings. The number of rotatable bonds is 6. The van der Waals surface area contributed by atoms with Gasteiger partial charge in [0, 0.05) is 36.2 Å². The number of hydrogen-bond donors (Lipinski definition) is 1. The van der Waals surface area contributed by atoms with Crippen LogP contribution in [-0.2, 0) is 11.4 Å². The largest absolute Gasteiger partial charge is 0.489 e. The van der Waals surface area contributed by atoms with E-state index in [9.17, 15) is 14.9 Å². The van der Waals surface area contributed by atoms with Crippen molar-refractivity contribution in [1.29, 1.82) is 5.26 Å². The Balaban J connectivity index is 1.28. The third kappa shape index (κ3) is 5.92. The van der Waals surface area contributed by atoms with Crippen molar-refractivity contribution >= 4 is 11.8 Å². The number of amides is 2. The molecule has 0 bridgehead atoms. The molecule has 2 aliphatic rings. The number of likely N-dealkylation sites (tertiary alicyclic amines) is 1. The quantitative estimate of drug-likeness (QED) is 0.713. The highest BCUT2D eigenvalue weighted by atomic mass is 16.5. The molecule has 1 N–H and O–H groups in total. The van der Waals surface area contributed by atoms with E-state index in [2.05, 4.69) is 11.4 Å². The Bertz CT molecular complexity index is 1020. The fraction of sp³-hybridized carbons (Fsp3) is 0.444. The first-order valence-corrected chi connectivity index (χ1v) is 11.9. The van der Waals surface area contributed by atoms with E-state index >= 15 is 0 Å². The molecule has 6 nitrogen and oxygen atoms in total. The lowest BCUT2D eigenvalue weighted by Crippen LogP contribution is -2.48. The molecule has 33 heavy (non-hydrogen) atoms. The van der Waals surface area contributed by atoms with Crippen LogP contribution in [0.4, 0.5) is 0 Å². The second-order valence-electron chi connectivity index (χ2n) is 8.99. The Morgan fingerprint density at radius 1 is 1.00 bits per heavy atom. The molecule has 6 heteroatoms. The molecule has 2 amide bonds. The summed E-state index contributed by atoms with van der Waals surface area (Å²) in [5, 5.41) is 12.3. The number of nitriles is 1. The number of hydrogen-bond acceptors (Lipinski definition) is 4. The van der Waals surface area contributed by atoms with E-state index in [0.717, 1.165) is 44.1 Å². The summed E-state index contributed by atoms with van der Waals surface area (Å²) in [5.41, 5.74) is 1.94. The predicted molar refractivity (Wildman–Crippen MR) is 126 cm³/mol. The molecule has 1 saturated carbocycles. The first kappa shape index (κ1) is 22.8. The van der Waals surface area contributed by atoms with Gasteiger partial charge in [0.1, 0.15) is 12.4 Å². The number of carbonyl (C=O) groups is 2. The maximum atomic E-state index is 12.8. The van der Waals surface area contributed by atoms with Crippen LogP contribution in [-0.4, -0.2) is 35.8 Å². The van der Waals surface area contributed by atoms with Crippen LogP contribution < -0.4 is 10.1 Å². The van der Waals surface area contributed by atoms with Gasteiger partial charge in [-0.2, -0.15) is 5.26 Å². The zero-order valence-corrected chi connectivity index (χ0v) is 19.0. The molecule has 2 aromatic carbocycles. The number of benzene rings is 2. The number of nitrogens with one attached hydrogen (secondary N) is 1. The van der Waals surface area contributed by atoms with Crippen molar-refractivity contribution < 1.29 is 14.3 Å². The van der Waals surface area contributed by atoms with Crippen LogP contribution in [0.25, 0.3) is 0 Å². The van der Waals surface area contributed by atoms with Crippen molar-refractivity contribution in [1.82, 2.24) is 10.2 Å². The van der Waals surface area contributed by atoms with Crippen LogP contribution in [0.5, 0.6) is 5.75 Å². The van der Waals surface area contributed by atoms with E-state index in [1.54, 1.807) is 30.3 Å². The van der Waals surface area contributed by atoms with Gasteiger partial charge in [0.2, 0.25) is 5.91 Å². The van der Waals surface area contributed by atoms with E-state index in [0.29, 0.717) is 35.9 Å². The summed E-state index contributed by atoms with van der Waals surface area (Å²) >= 11 is 0. The molecule has 4 rings (SSSR count). The first-order chi connectivity index (χ1) is 16.1.